The average Bonchev–Trinajstić information content (AvgIpc) is 2.23. The van der Waals surface area contributed by atoms with E-state index in [1.54, 1.807) is 0 Å². The lowest BCUT2D eigenvalue weighted by Crippen LogP contribution is -2.26. The molecule has 1 aliphatic heterocycles. The second-order valence-corrected chi connectivity index (χ2v) is 4.77. The molecule has 15 heavy (non-hydrogen) atoms. The molecule has 1 aliphatic rings. The average molecular weight is 205 g/mol. The van der Waals surface area contributed by atoms with E-state index in [-0.39, 0.29) is 6.10 Å². The molecule has 0 radical (unpaired) electrons. The van der Waals surface area contributed by atoms with E-state index in [1.807, 2.05) is 12.1 Å². The van der Waals surface area contributed by atoms with Crippen molar-refractivity contribution in [2.24, 2.45) is 5.92 Å². The fourth-order valence-corrected chi connectivity index (χ4v) is 2.20. The highest BCUT2D eigenvalue weighted by Gasteiger charge is 2.26. The van der Waals surface area contributed by atoms with Crippen molar-refractivity contribution in [2.75, 3.05) is 11.9 Å². The fourth-order valence-electron chi connectivity index (χ4n) is 2.20. The standard InChI is InChI=1S/C13H19NO/c1-8(2)10-5-4-6-11-12(10)14-7-9(3)13(11)15/h4-6,8-9,13-15H,7H2,1-3H3. The van der Waals surface area contributed by atoms with E-state index in [0.29, 0.717) is 11.8 Å². The molecule has 1 heterocycles. The third-order valence-electron chi connectivity index (χ3n) is 3.21. The van der Waals surface area contributed by atoms with E-state index in [0.717, 1.165) is 17.8 Å². The SMILES string of the molecule is CC(C)c1cccc2c1NCC(C)C2O. The molecule has 0 aromatic heterocycles. The minimum atomic E-state index is -0.319. The van der Waals surface area contributed by atoms with Gasteiger partial charge in [-0.3, -0.25) is 0 Å². The maximum atomic E-state index is 10.1. The first kappa shape index (κ1) is 10.5. The van der Waals surface area contributed by atoms with Crippen LogP contribution in [0.25, 0.3) is 0 Å². The summed E-state index contributed by atoms with van der Waals surface area (Å²) < 4.78 is 0. The fraction of sp³-hybridized carbons (Fsp3) is 0.538. The Bertz CT molecular complexity index is 360. The van der Waals surface area contributed by atoms with Gasteiger partial charge in [-0.05, 0) is 11.5 Å². The van der Waals surface area contributed by atoms with Crippen molar-refractivity contribution in [1.82, 2.24) is 0 Å². The third kappa shape index (κ3) is 1.74. The van der Waals surface area contributed by atoms with Crippen LogP contribution in [0.15, 0.2) is 18.2 Å². The van der Waals surface area contributed by atoms with Gasteiger partial charge >= 0.3 is 0 Å². The van der Waals surface area contributed by atoms with E-state index < -0.39 is 0 Å². The number of benzene rings is 1. The number of nitrogens with one attached hydrogen (secondary N) is 1. The molecule has 2 unspecified atom stereocenters. The first-order valence-electron chi connectivity index (χ1n) is 5.66. The van der Waals surface area contributed by atoms with Crippen molar-refractivity contribution in [2.45, 2.75) is 32.8 Å². The summed E-state index contributed by atoms with van der Waals surface area (Å²) in [5, 5.41) is 13.5. The number of aliphatic hydroxyl groups is 1. The molecule has 1 aromatic carbocycles. The smallest absolute Gasteiger partial charge is 0.0852 e. The van der Waals surface area contributed by atoms with Gasteiger partial charge in [0.2, 0.25) is 0 Å². The van der Waals surface area contributed by atoms with Crippen LogP contribution in [0.5, 0.6) is 0 Å². The first-order valence-corrected chi connectivity index (χ1v) is 5.66. The van der Waals surface area contributed by atoms with Gasteiger partial charge in [0.25, 0.3) is 0 Å². The summed E-state index contributed by atoms with van der Waals surface area (Å²) in [7, 11) is 0. The maximum Gasteiger partial charge on any atom is 0.0852 e. The van der Waals surface area contributed by atoms with Crippen LogP contribution in [-0.4, -0.2) is 11.7 Å². The molecule has 2 N–H and O–H groups in total. The normalized spacial score (nSPS) is 24.9. The number of hydrogen-bond donors (Lipinski definition) is 2. The Morgan fingerprint density at radius 1 is 1.40 bits per heavy atom. The van der Waals surface area contributed by atoms with Gasteiger partial charge in [0.1, 0.15) is 0 Å². The van der Waals surface area contributed by atoms with Gasteiger partial charge < -0.3 is 10.4 Å². The Hall–Kier alpha value is -1.02. The summed E-state index contributed by atoms with van der Waals surface area (Å²) >= 11 is 0. The van der Waals surface area contributed by atoms with Gasteiger partial charge in [-0.25, -0.2) is 0 Å². The number of anilines is 1. The Morgan fingerprint density at radius 2 is 2.13 bits per heavy atom. The number of aliphatic hydroxyl groups excluding tert-OH is 1. The van der Waals surface area contributed by atoms with Crippen LogP contribution in [0.1, 0.15) is 43.9 Å². The first-order chi connectivity index (χ1) is 7.11. The third-order valence-corrected chi connectivity index (χ3v) is 3.21. The zero-order valence-electron chi connectivity index (χ0n) is 9.62. The van der Waals surface area contributed by atoms with E-state index in [4.69, 9.17) is 0 Å². The van der Waals surface area contributed by atoms with Crippen LogP contribution in [0, 0.1) is 5.92 Å². The van der Waals surface area contributed by atoms with Gasteiger partial charge in [0.15, 0.2) is 0 Å². The number of rotatable bonds is 1. The molecule has 0 amide bonds. The van der Waals surface area contributed by atoms with E-state index in [1.165, 1.54) is 5.56 Å². The lowest BCUT2D eigenvalue weighted by molar-refractivity contribution is 0.120. The topological polar surface area (TPSA) is 32.3 Å². The molecular formula is C13H19NO. The molecule has 0 saturated carbocycles. The van der Waals surface area contributed by atoms with Crippen LogP contribution in [0.4, 0.5) is 5.69 Å². The van der Waals surface area contributed by atoms with Crippen molar-refractivity contribution < 1.29 is 5.11 Å². The van der Waals surface area contributed by atoms with Crippen molar-refractivity contribution in [3.63, 3.8) is 0 Å². The molecule has 1 aromatic rings. The molecular weight excluding hydrogens is 186 g/mol. The maximum absolute atomic E-state index is 10.1. The summed E-state index contributed by atoms with van der Waals surface area (Å²) in [5.74, 6) is 0.785. The van der Waals surface area contributed by atoms with Crippen LogP contribution in [-0.2, 0) is 0 Å². The summed E-state index contributed by atoms with van der Waals surface area (Å²) in [6.45, 7) is 7.30. The highest BCUT2D eigenvalue weighted by Crippen LogP contribution is 2.37. The van der Waals surface area contributed by atoms with Crippen molar-refractivity contribution in [1.29, 1.82) is 0 Å². The number of hydrogen-bond acceptors (Lipinski definition) is 2. The summed E-state index contributed by atoms with van der Waals surface area (Å²) in [4.78, 5) is 0. The molecule has 2 atom stereocenters. The van der Waals surface area contributed by atoms with Crippen LogP contribution < -0.4 is 5.32 Å². The number of para-hydroxylation sites is 1. The summed E-state index contributed by atoms with van der Waals surface area (Å²) in [5.41, 5.74) is 3.51. The van der Waals surface area contributed by atoms with Crippen LogP contribution in [0.2, 0.25) is 0 Å². The van der Waals surface area contributed by atoms with Crippen LogP contribution in [0.3, 0.4) is 0 Å². The predicted molar refractivity (Wildman–Crippen MR) is 63.1 cm³/mol. The Balaban J connectivity index is 2.48. The highest BCUT2D eigenvalue weighted by molar-refractivity contribution is 5.61. The van der Waals surface area contributed by atoms with Crippen molar-refractivity contribution >= 4 is 5.69 Å². The summed E-state index contributed by atoms with van der Waals surface area (Å²) in [6, 6.07) is 6.20. The molecule has 0 bridgehead atoms. The Labute approximate surface area is 91.3 Å². The largest absolute Gasteiger partial charge is 0.388 e. The molecule has 0 saturated heterocycles. The zero-order chi connectivity index (χ0) is 11.0. The monoisotopic (exact) mass is 205 g/mol. The lowest BCUT2D eigenvalue weighted by Gasteiger charge is -2.31. The molecule has 82 valence electrons. The predicted octanol–water partition coefficient (Wildman–Crippen LogP) is 2.91. The second-order valence-electron chi connectivity index (χ2n) is 4.77. The Kier molecular flexibility index (Phi) is 2.70. The Morgan fingerprint density at radius 3 is 2.80 bits per heavy atom. The zero-order valence-corrected chi connectivity index (χ0v) is 9.62. The molecule has 0 fully saturated rings. The van der Waals surface area contributed by atoms with E-state index in [9.17, 15) is 5.11 Å². The van der Waals surface area contributed by atoms with Crippen LogP contribution >= 0.6 is 0 Å². The molecule has 2 rings (SSSR count). The molecule has 0 aliphatic carbocycles. The second kappa shape index (κ2) is 3.86. The molecule has 2 heteroatoms. The van der Waals surface area contributed by atoms with Crippen molar-refractivity contribution in [3.05, 3.63) is 29.3 Å². The highest BCUT2D eigenvalue weighted by atomic mass is 16.3. The molecule has 0 spiro atoms. The van der Waals surface area contributed by atoms with Gasteiger partial charge in [-0.1, -0.05) is 39.0 Å². The van der Waals surface area contributed by atoms with Gasteiger partial charge in [0.05, 0.1) is 6.10 Å². The lowest BCUT2D eigenvalue weighted by atomic mass is 9.87. The van der Waals surface area contributed by atoms with Gasteiger partial charge in [0, 0.05) is 23.7 Å². The molecule has 2 nitrogen and oxygen atoms in total. The summed E-state index contributed by atoms with van der Waals surface area (Å²) in [6.07, 6.45) is -0.319. The van der Waals surface area contributed by atoms with Crippen molar-refractivity contribution in [3.8, 4) is 0 Å². The van der Waals surface area contributed by atoms with E-state index in [2.05, 4.69) is 32.2 Å². The van der Waals surface area contributed by atoms with Gasteiger partial charge in [-0.2, -0.15) is 0 Å². The minimum Gasteiger partial charge on any atom is -0.388 e. The minimum absolute atomic E-state index is 0.292. The number of fused-ring (bicyclic) bond motifs is 1. The van der Waals surface area contributed by atoms with E-state index >= 15 is 0 Å². The van der Waals surface area contributed by atoms with Gasteiger partial charge in [-0.15, -0.1) is 0 Å². The quantitative estimate of drug-likeness (QED) is 0.739.